The summed E-state index contributed by atoms with van der Waals surface area (Å²) in [7, 11) is 1.65. The van der Waals surface area contributed by atoms with E-state index in [9.17, 15) is 0 Å². The molecule has 0 unspecified atom stereocenters. The molecule has 3 nitrogen and oxygen atoms in total. The van der Waals surface area contributed by atoms with E-state index in [1.54, 1.807) is 13.2 Å². The molecule has 1 aromatic heterocycles. The maximum Gasteiger partial charge on any atom is 0.214 e. The number of hydrogen-bond donors (Lipinski definition) is 0. The Morgan fingerprint density at radius 3 is 2.24 bits per heavy atom. The molecule has 0 aliphatic rings. The van der Waals surface area contributed by atoms with Gasteiger partial charge in [0.05, 0.1) is 12.3 Å². The quantitative estimate of drug-likeness (QED) is 0.548. The summed E-state index contributed by atoms with van der Waals surface area (Å²) in [6.07, 6.45) is 0. The molecular formula is C20H17Cl2NO2. The van der Waals surface area contributed by atoms with E-state index < -0.39 is 0 Å². The maximum atomic E-state index is 6.11. The third-order valence-electron chi connectivity index (χ3n) is 3.56. The van der Waals surface area contributed by atoms with Crippen molar-refractivity contribution in [1.82, 2.24) is 4.98 Å². The van der Waals surface area contributed by atoms with Gasteiger partial charge in [0.15, 0.2) is 0 Å². The normalized spacial score (nSPS) is 10.7. The maximum absolute atomic E-state index is 6.11. The van der Waals surface area contributed by atoms with Gasteiger partial charge >= 0.3 is 0 Å². The van der Waals surface area contributed by atoms with Crippen molar-refractivity contribution in [3.8, 4) is 17.1 Å². The number of rotatable bonds is 6. The number of nitrogens with zero attached hydrogens (tertiary/aromatic N) is 1. The number of benzene rings is 2. The second kappa shape index (κ2) is 8.34. The highest BCUT2D eigenvalue weighted by atomic mass is 35.5. The van der Waals surface area contributed by atoms with Crippen LogP contribution in [0.25, 0.3) is 11.3 Å². The fourth-order valence-electron chi connectivity index (χ4n) is 2.46. The number of aromatic nitrogens is 1. The molecule has 0 spiro atoms. The molecule has 5 heteroatoms. The number of ether oxygens (including phenoxy) is 2. The van der Waals surface area contributed by atoms with E-state index in [2.05, 4.69) is 4.98 Å². The van der Waals surface area contributed by atoms with Crippen LogP contribution >= 0.6 is 23.2 Å². The van der Waals surface area contributed by atoms with Crippen LogP contribution in [0, 0.1) is 0 Å². The Kier molecular flexibility index (Phi) is 5.92. The lowest BCUT2D eigenvalue weighted by molar-refractivity contribution is 0.184. The lowest BCUT2D eigenvalue weighted by Gasteiger charge is -2.11. The van der Waals surface area contributed by atoms with Crippen molar-refractivity contribution in [2.75, 3.05) is 7.11 Å². The van der Waals surface area contributed by atoms with Crippen molar-refractivity contribution in [1.29, 1.82) is 0 Å². The molecule has 0 aliphatic carbocycles. The predicted octanol–water partition coefficient (Wildman–Crippen LogP) is 5.78. The fourth-order valence-corrected chi connectivity index (χ4v) is 2.99. The first kappa shape index (κ1) is 17.7. The molecule has 0 aliphatic heterocycles. The SMILES string of the molecule is COCc1cc(OCc2ccccc2)nc(-c2cc(Cl)cc(Cl)c2)c1. The molecule has 2 aromatic carbocycles. The molecule has 0 amide bonds. The average molecular weight is 374 g/mol. The summed E-state index contributed by atoms with van der Waals surface area (Å²) in [6.45, 7) is 0.908. The third-order valence-corrected chi connectivity index (χ3v) is 4.00. The van der Waals surface area contributed by atoms with E-state index in [0.29, 0.717) is 29.1 Å². The minimum Gasteiger partial charge on any atom is -0.473 e. The van der Waals surface area contributed by atoms with E-state index >= 15 is 0 Å². The van der Waals surface area contributed by atoms with Gasteiger partial charge in [-0.25, -0.2) is 4.98 Å². The fraction of sp³-hybridized carbons (Fsp3) is 0.150. The highest BCUT2D eigenvalue weighted by Crippen LogP contribution is 2.28. The number of pyridine rings is 1. The highest BCUT2D eigenvalue weighted by Gasteiger charge is 2.09. The Balaban J connectivity index is 1.91. The molecular weight excluding hydrogens is 357 g/mol. The molecule has 0 radical (unpaired) electrons. The molecule has 0 saturated heterocycles. The zero-order chi connectivity index (χ0) is 17.6. The zero-order valence-electron chi connectivity index (χ0n) is 13.7. The lowest BCUT2D eigenvalue weighted by Crippen LogP contribution is -2.00. The topological polar surface area (TPSA) is 31.4 Å². The Bertz CT molecular complexity index is 833. The molecule has 0 saturated carbocycles. The van der Waals surface area contributed by atoms with Crippen LogP contribution in [0.1, 0.15) is 11.1 Å². The smallest absolute Gasteiger partial charge is 0.214 e. The Hall–Kier alpha value is -2.07. The van der Waals surface area contributed by atoms with Gasteiger partial charge in [-0.05, 0) is 35.4 Å². The molecule has 0 bridgehead atoms. The lowest BCUT2D eigenvalue weighted by atomic mass is 10.1. The first-order valence-corrected chi connectivity index (χ1v) is 8.53. The van der Waals surface area contributed by atoms with Crippen molar-refractivity contribution >= 4 is 23.2 Å². The van der Waals surface area contributed by atoms with Gasteiger partial charge in [-0.1, -0.05) is 53.5 Å². The van der Waals surface area contributed by atoms with Crippen LogP contribution in [0.4, 0.5) is 0 Å². The van der Waals surface area contributed by atoms with Crippen LogP contribution in [0.15, 0.2) is 60.7 Å². The van der Waals surface area contributed by atoms with Crippen molar-refractivity contribution < 1.29 is 9.47 Å². The Morgan fingerprint density at radius 1 is 0.840 bits per heavy atom. The zero-order valence-corrected chi connectivity index (χ0v) is 15.2. The molecule has 1 heterocycles. The number of methoxy groups -OCH3 is 1. The van der Waals surface area contributed by atoms with Crippen molar-refractivity contribution in [2.24, 2.45) is 0 Å². The van der Waals surface area contributed by atoms with E-state index in [4.69, 9.17) is 32.7 Å². The Labute approximate surface area is 157 Å². The van der Waals surface area contributed by atoms with Gasteiger partial charge in [0.2, 0.25) is 5.88 Å². The van der Waals surface area contributed by atoms with E-state index in [1.807, 2.05) is 54.6 Å². The van der Waals surface area contributed by atoms with E-state index in [1.165, 1.54) is 0 Å². The third kappa shape index (κ3) is 4.95. The summed E-state index contributed by atoms with van der Waals surface area (Å²) < 4.78 is 11.1. The van der Waals surface area contributed by atoms with Crippen LogP contribution in [0.3, 0.4) is 0 Å². The van der Waals surface area contributed by atoms with Crippen LogP contribution in [-0.2, 0) is 18.0 Å². The summed E-state index contributed by atoms with van der Waals surface area (Å²) in [5, 5.41) is 1.13. The highest BCUT2D eigenvalue weighted by molar-refractivity contribution is 6.35. The van der Waals surface area contributed by atoms with Crippen LogP contribution < -0.4 is 4.74 Å². The van der Waals surface area contributed by atoms with Crippen molar-refractivity contribution in [2.45, 2.75) is 13.2 Å². The summed E-state index contributed by atoms with van der Waals surface area (Å²) in [5.74, 6) is 0.532. The van der Waals surface area contributed by atoms with Gasteiger partial charge in [-0.15, -0.1) is 0 Å². The van der Waals surface area contributed by atoms with Crippen LogP contribution in [-0.4, -0.2) is 12.1 Å². The predicted molar refractivity (Wildman–Crippen MR) is 101 cm³/mol. The summed E-state index contributed by atoms with van der Waals surface area (Å²) in [4.78, 5) is 4.59. The van der Waals surface area contributed by atoms with Gasteiger partial charge in [0.25, 0.3) is 0 Å². The summed E-state index contributed by atoms with van der Waals surface area (Å²) >= 11 is 12.2. The van der Waals surface area contributed by atoms with Crippen molar-refractivity contribution in [3.63, 3.8) is 0 Å². The van der Waals surface area contributed by atoms with Gasteiger partial charge in [-0.3, -0.25) is 0 Å². The second-order valence-corrected chi connectivity index (χ2v) is 6.44. The molecule has 3 aromatic rings. The van der Waals surface area contributed by atoms with Gasteiger partial charge in [0, 0.05) is 28.8 Å². The monoisotopic (exact) mass is 373 g/mol. The number of hydrogen-bond acceptors (Lipinski definition) is 3. The van der Waals surface area contributed by atoms with E-state index in [-0.39, 0.29) is 0 Å². The van der Waals surface area contributed by atoms with Gasteiger partial charge in [-0.2, -0.15) is 0 Å². The molecule has 0 atom stereocenters. The Morgan fingerprint density at radius 2 is 1.56 bits per heavy atom. The van der Waals surface area contributed by atoms with Gasteiger partial charge < -0.3 is 9.47 Å². The average Bonchev–Trinajstić information content (AvgIpc) is 2.60. The molecule has 25 heavy (non-hydrogen) atoms. The summed E-state index contributed by atoms with van der Waals surface area (Å²) in [5.41, 5.74) is 3.61. The van der Waals surface area contributed by atoms with Gasteiger partial charge in [0.1, 0.15) is 6.61 Å². The minimum atomic E-state index is 0.444. The minimum absolute atomic E-state index is 0.444. The second-order valence-electron chi connectivity index (χ2n) is 5.56. The largest absolute Gasteiger partial charge is 0.473 e. The molecule has 3 rings (SSSR count). The van der Waals surface area contributed by atoms with Crippen LogP contribution in [0.5, 0.6) is 5.88 Å². The van der Waals surface area contributed by atoms with Crippen LogP contribution in [0.2, 0.25) is 10.0 Å². The number of halogens is 2. The van der Waals surface area contributed by atoms with Crippen molar-refractivity contribution in [3.05, 3.63) is 81.8 Å². The van der Waals surface area contributed by atoms with E-state index in [0.717, 1.165) is 22.4 Å². The molecule has 0 fully saturated rings. The summed E-state index contributed by atoms with van der Waals surface area (Å²) in [6, 6.07) is 19.1. The first-order chi connectivity index (χ1) is 12.1. The first-order valence-electron chi connectivity index (χ1n) is 7.77. The molecule has 128 valence electrons. The standard InChI is InChI=1S/C20H17Cl2NO2/c1-24-12-15-7-19(16-9-17(21)11-18(22)10-16)23-20(8-15)25-13-14-5-3-2-4-6-14/h2-11H,12-13H2,1H3. The molecule has 0 N–H and O–H groups in total.